The Bertz CT molecular complexity index is 231. The average molecular weight is 210 g/mol. The fourth-order valence-corrected chi connectivity index (χ4v) is 4.96. The minimum absolute atomic E-state index is 0.289. The predicted molar refractivity (Wildman–Crippen MR) is 58.2 cm³/mol. The first-order chi connectivity index (χ1) is 7.35. The highest BCUT2D eigenvalue weighted by Gasteiger charge is 2.53. The van der Waals surface area contributed by atoms with E-state index < -0.39 is 0 Å². The van der Waals surface area contributed by atoms with Gasteiger partial charge in [0.05, 0.1) is 0 Å². The molecule has 0 aromatic carbocycles. The fourth-order valence-electron chi connectivity index (χ4n) is 4.96. The van der Waals surface area contributed by atoms with E-state index in [2.05, 4.69) is 0 Å². The first-order valence-electron chi connectivity index (χ1n) is 6.57. The molecule has 4 aliphatic rings. The molecule has 2 nitrogen and oxygen atoms in total. The van der Waals surface area contributed by atoms with Crippen molar-refractivity contribution in [2.75, 3.05) is 13.2 Å². The molecule has 2 N–H and O–H groups in total. The molecular formula is C13H22O2. The topological polar surface area (TPSA) is 40.5 Å². The van der Waals surface area contributed by atoms with Gasteiger partial charge in [-0.15, -0.1) is 0 Å². The second-order valence-corrected chi connectivity index (χ2v) is 5.94. The number of aliphatic hydroxyl groups excluding tert-OH is 2. The molecule has 4 atom stereocenters. The summed E-state index contributed by atoms with van der Waals surface area (Å²) in [4.78, 5) is 0. The molecule has 0 spiro atoms. The summed E-state index contributed by atoms with van der Waals surface area (Å²) in [6, 6.07) is 0. The Labute approximate surface area is 91.7 Å². The third kappa shape index (κ3) is 1.38. The third-order valence-electron chi connectivity index (χ3n) is 5.58. The molecule has 4 saturated carbocycles. The first kappa shape index (κ1) is 10.1. The van der Waals surface area contributed by atoms with Gasteiger partial charge in [0, 0.05) is 13.2 Å². The lowest BCUT2D eigenvalue weighted by atomic mass is 9.58. The molecule has 0 aromatic rings. The van der Waals surface area contributed by atoms with Crippen molar-refractivity contribution >= 4 is 0 Å². The zero-order valence-electron chi connectivity index (χ0n) is 9.31. The Morgan fingerprint density at radius 3 is 2.13 bits per heavy atom. The summed E-state index contributed by atoms with van der Waals surface area (Å²) in [5.74, 6) is 4.19. The van der Waals surface area contributed by atoms with Gasteiger partial charge in [0.1, 0.15) is 0 Å². The van der Waals surface area contributed by atoms with Crippen LogP contribution in [0.3, 0.4) is 0 Å². The summed E-state index contributed by atoms with van der Waals surface area (Å²) >= 11 is 0. The van der Waals surface area contributed by atoms with E-state index in [1.54, 1.807) is 0 Å². The maximum atomic E-state index is 9.52. The highest BCUT2D eigenvalue weighted by Crippen LogP contribution is 2.59. The second kappa shape index (κ2) is 3.74. The minimum Gasteiger partial charge on any atom is -0.396 e. The number of aliphatic hydroxyl groups is 2. The van der Waals surface area contributed by atoms with Crippen LogP contribution >= 0.6 is 0 Å². The Morgan fingerprint density at radius 1 is 0.867 bits per heavy atom. The highest BCUT2D eigenvalue weighted by molar-refractivity contribution is 5.01. The quantitative estimate of drug-likeness (QED) is 0.727. The van der Waals surface area contributed by atoms with E-state index in [1.165, 1.54) is 32.1 Å². The van der Waals surface area contributed by atoms with Gasteiger partial charge in [0.25, 0.3) is 0 Å². The van der Waals surface area contributed by atoms with E-state index in [0.717, 1.165) is 23.7 Å². The SMILES string of the molecule is OCC1CC2C3CCC(CC3)C2C1CO. The fraction of sp³-hybridized carbons (Fsp3) is 1.00. The van der Waals surface area contributed by atoms with Gasteiger partial charge in [-0.05, 0) is 67.6 Å². The summed E-state index contributed by atoms with van der Waals surface area (Å²) < 4.78 is 0. The molecule has 15 heavy (non-hydrogen) atoms. The van der Waals surface area contributed by atoms with Crippen LogP contribution in [0.25, 0.3) is 0 Å². The van der Waals surface area contributed by atoms with Crippen molar-refractivity contribution in [2.45, 2.75) is 32.1 Å². The smallest absolute Gasteiger partial charge is 0.0465 e. The van der Waals surface area contributed by atoms with E-state index in [0.29, 0.717) is 18.4 Å². The molecule has 0 saturated heterocycles. The lowest BCUT2D eigenvalue weighted by molar-refractivity contribution is 0.00537. The van der Waals surface area contributed by atoms with Gasteiger partial charge in [0.15, 0.2) is 0 Å². The zero-order valence-corrected chi connectivity index (χ0v) is 9.31. The second-order valence-electron chi connectivity index (χ2n) is 5.94. The van der Waals surface area contributed by atoms with Gasteiger partial charge >= 0.3 is 0 Å². The van der Waals surface area contributed by atoms with Crippen molar-refractivity contribution < 1.29 is 10.2 Å². The number of fused-ring (bicyclic) bond motifs is 2. The zero-order chi connectivity index (χ0) is 10.4. The molecule has 0 amide bonds. The predicted octanol–water partition coefficient (Wildman–Crippen LogP) is 1.66. The number of hydrogen-bond acceptors (Lipinski definition) is 2. The molecule has 2 heteroatoms. The van der Waals surface area contributed by atoms with Crippen molar-refractivity contribution in [3.8, 4) is 0 Å². The molecule has 0 aromatic heterocycles. The molecule has 0 radical (unpaired) electrons. The van der Waals surface area contributed by atoms with Gasteiger partial charge in [0.2, 0.25) is 0 Å². The van der Waals surface area contributed by atoms with E-state index in [-0.39, 0.29) is 6.61 Å². The molecule has 86 valence electrons. The molecule has 0 aliphatic heterocycles. The minimum atomic E-state index is 0.289. The van der Waals surface area contributed by atoms with Gasteiger partial charge in [-0.1, -0.05) is 0 Å². The Kier molecular flexibility index (Phi) is 2.52. The molecule has 4 unspecified atom stereocenters. The van der Waals surface area contributed by atoms with Gasteiger partial charge in [-0.2, -0.15) is 0 Å². The maximum absolute atomic E-state index is 9.52. The average Bonchev–Trinajstić information content (AvgIpc) is 2.70. The molecule has 4 aliphatic carbocycles. The van der Waals surface area contributed by atoms with E-state index in [9.17, 15) is 10.2 Å². The van der Waals surface area contributed by atoms with Crippen LogP contribution in [0.1, 0.15) is 32.1 Å². The van der Waals surface area contributed by atoms with Crippen LogP contribution in [0, 0.1) is 35.5 Å². The summed E-state index contributed by atoms with van der Waals surface area (Å²) in [5, 5.41) is 18.9. The van der Waals surface area contributed by atoms with Crippen LogP contribution in [-0.2, 0) is 0 Å². The Morgan fingerprint density at radius 2 is 1.53 bits per heavy atom. The van der Waals surface area contributed by atoms with Crippen LogP contribution in [-0.4, -0.2) is 23.4 Å². The van der Waals surface area contributed by atoms with Crippen LogP contribution in [0.5, 0.6) is 0 Å². The highest BCUT2D eigenvalue weighted by atomic mass is 16.3. The van der Waals surface area contributed by atoms with E-state index >= 15 is 0 Å². The molecule has 4 fully saturated rings. The van der Waals surface area contributed by atoms with Crippen LogP contribution in [0.4, 0.5) is 0 Å². The number of rotatable bonds is 2. The van der Waals surface area contributed by atoms with Crippen molar-refractivity contribution in [1.29, 1.82) is 0 Å². The molecule has 0 heterocycles. The van der Waals surface area contributed by atoms with Crippen molar-refractivity contribution in [1.82, 2.24) is 0 Å². The van der Waals surface area contributed by atoms with Crippen molar-refractivity contribution in [3.63, 3.8) is 0 Å². The van der Waals surface area contributed by atoms with E-state index in [1.807, 2.05) is 0 Å². The lowest BCUT2D eigenvalue weighted by Gasteiger charge is -2.47. The third-order valence-corrected chi connectivity index (χ3v) is 5.58. The Balaban J connectivity index is 1.85. The van der Waals surface area contributed by atoms with Gasteiger partial charge < -0.3 is 10.2 Å². The summed E-state index contributed by atoms with van der Waals surface area (Å²) in [6.45, 7) is 0.591. The lowest BCUT2D eigenvalue weighted by Crippen LogP contribution is -2.40. The van der Waals surface area contributed by atoms with Crippen molar-refractivity contribution in [3.05, 3.63) is 0 Å². The van der Waals surface area contributed by atoms with Crippen LogP contribution in [0.2, 0.25) is 0 Å². The van der Waals surface area contributed by atoms with E-state index in [4.69, 9.17) is 0 Å². The van der Waals surface area contributed by atoms with Gasteiger partial charge in [-0.25, -0.2) is 0 Å². The largest absolute Gasteiger partial charge is 0.396 e. The van der Waals surface area contributed by atoms with Gasteiger partial charge in [-0.3, -0.25) is 0 Å². The standard InChI is InChI=1S/C13H22O2/c14-6-10-5-11-8-1-3-9(4-2-8)13(11)12(10)7-15/h8-15H,1-7H2. The summed E-state index contributed by atoms with van der Waals surface area (Å²) in [6.07, 6.45) is 6.80. The normalized spacial score (nSPS) is 53.2. The monoisotopic (exact) mass is 210 g/mol. The number of hydrogen-bond donors (Lipinski definition) is 2. The summed E-state index contributed by atoms with van der Waals surface area (Å²) in [5.41, 5.74) is 0. The molecule has 2 bridgehead atoms. The molecule has 4 rings (SSSR count). The molecular weight excluding hydrogens is 188 g/mol. The Hall–Kier alpha value is -0.0800. The first-order valence-corrected chi connectivity index (χ1v) is 6.57. The summed E-state index contributed by atoms with van der Waals surface area (Å²) in [7, 11) is 0. The van der Waals surface area contributed by atoms with Crippen molar-refractivity contribution in [2.24, 2.45) is 35.5 Å². The van der Waals surface area contributed by atoms with Crippen LogP contribution < -0.4 is 0 Å². The maximum Gasteiger partial charge on any atom is 0.0465 e. The van der Waals surface area contributed by atoms with Crippen LogP contribution in [0.15, 0.2) is 0 Å².